The molecule has 0 bridgehead atoms. The highest BCUT2D eigenvalue weighted by molar-refractivity contribution is 7.80. The average molecular weight is 323 g/mol. The Morgan fingerprint density at radius 1 is 1.36 bits per heavy atom. The van der Waals surface area contributed by atoms with Gasteiger partial charge in [0.05, 0.1) is 12.0 Å². The Balaban J connectivity index is 2.57. The molecule has 0 aromatic heterocycles. The van der Waals surface area contributed by atoms with Gasteiger partial charge in [-0.25, -0.2) is 0 Å². The Labute approximate surface area is 131 Å². The molecule has 1 heterocycles. The number of aromatic hydroxyl groups is 1. The molecule has 8 nitrogen and oxygen atoms in total. The summed E-state index contributed by atoms with van der Waals surface area (Å²) in [6, 6.07) is 2.56. The first kappa shape index (κ1) is 15.7. The minimum Gasteiger partial charge on any atom is -0.500 e. The minimum atomic E-state index is -0.725. The molecule has 1 amide bonds. The molecule has 1 fully saturated rings. The number of benzene rings is 1. The zero-order valence-electron chi connectivity index (χ0n) is 12.1. The molecule has 0 radical (unpaired) electrons. The maximum Gasteiger partial charge on any atom is 0.315 e. The van der Waals surface area contributed by atoms with Crippen molar-refractivity contribution in [1.82, 2.24) is 9.80 Å². The van der Waals surface area contributed by atoms with E-state index in [2.05, 4.69) is 0 Å². The number of phenolic OH excluding ortho intramolecular Hbond substituents is 1. The van der Waals surface area contributed by atoms with Gasteiger partial charge in [-0.3, -0.25) is 19.8 Å². The van der Waals surface area contributed by atoms with Crippen molar-refractivity contribution in [2.24, 2.45) is 0 Å². The lowest BCUT2D eigenvalue weighted by molar-refractivity contribution is -0.386. The highest BCUT2D eigenvalue weighted by atomic mass is 32.1. The van der Waals surface area contributed by atoms with Gasteiger partial charge in [0.25, 0.3) is 5.91 Å². The van der Waals surface area contributed by atoms with Crippen molar-refractivity contribution >= 4 is 35.0 Å². The van der Waals surface area contributed by atoms with Crippen molar-refractivity contribution in [3.63, 3.8) is 0 Å². The third kappa shape index (κ3) is 2.46. The number of nitro benzene ring substituents is 1. The van der Waals surface area contributed by atoms with E-state index in [4.69, 9.17) is 17.0 Å². The van der Waals surface area contributed by atoms with Gasteiger partial charge in [-0.1, -0.05) is 0 Å². The van der Waals surface area contributed by atoms with Crippen molar-refractivity contribution in [2.45, 2.75) is 0 Å². The normalized spacial score (nSPS) is 16.6. The van der Waals surface area contributed by atoms with Crippen molar-refractivity contribution in [3.8, 4) is 11.5 Å². The number of phenols is 1. The summed E-state index contributed by atoms with van der Waals surface area (Å²) >= 11 is 5.09. The molecule has 1 aliphatic heterocycles. The highest BCUT2D eigenvalue weighted by Crippen LogP contribution is 2.37. The van der Waals surface area contributed by atoms with Gasteiger partial charge < -0.3 is 14.7 Å². The van der Waals surface area contributed by atoms with Crippen LogP contribution >= 0.6 is 12.2 Å². The average Bonchev–Trinajstić information content (AvgIpc) is 2.66. The molecule has 0 saturated carbocycles. The summed E-state index contributed by atoms with van der Waals surface area (Å²) in [4.78, 5) is 25.1. The topological polar surface area (TPSA) is 96.2 Å². The van der Waals surface area contributed by atoms with E-state index in [1.54, 1.807) is 14.1 Å². The Kier molecular flexibility index (Phi) is 4.00. The Morgan fingerprint density at radius 3 is 2.45 bits per heavy atom. The van der Waals surface area contributed by atoms with Crippen molar-refractivity contribution in [3.05, 3.63) is 33.5 Å². The van der Waals surface area contributed by atoms with Crippen LogP contribution in [-0.2, 0) is 4.79 Å². The summed E-state index contributed by atoms with van der Waals surface area (Å²) < 4.78 is 4.92. The van der Waals surface area contributed by atoms with Crippen LogP contribution in [0.4, 0.5) is 5.69 Å². The SMILES string of the molecule is COc1cc(/C=C2/C(=O)N(C)C(=S)N2C)cc([N+](=O)[O-])c1O. The van der Waals surface area contributed by atoms with Crippen LogP contribution in [0.5, 0.6) is 11.5 Å². The van der Waals surface area contributed by atoms with Crippen molar-refractivity contribution in [1.29, 1.82) is 0 Å². The third-order valence-electron chi connectivity index (χ3n) is 3.26. The quantitative estimate of drug-likeness (QED) is 0.388. The van der Waals surface area contributed by atoms with Gasteiger partial charge in [0.2, 0.25) is 5.75 Å². The number of likely N-dealkylation sites (N-methyl/N-ethyl adjacent to an activating group) is 2. The van der Waals surface area contributed by atoms with Gasteiger partial charge in [0.1, 0.15) is 5.70 Å². The molecular weight excluding hydrogens is 310 g/mol. The fraction of sp³-hybridized carbons (Fsp3) is 0.231. The predicted octanol–water partition coefficient (Wildman–Crippen LogP) is 1.34. The van der Waals surface area contributed by atoms with Crippen LogP contribution in [-0.4, -0.2) is 52.1 Å². The van der Waals surface area contributed by atoms with E-state index >= 15 is 0 Å². The zero-order valence-corrected chi connectivity index (χ0v) is 12.9. The summed E-state index contributed by atoms with van der Waals surface area (Å²) in [6.07, 6.45) is 1.45. The van der Waals surface area contributed by atoms with E-state index < -0.39 is 16.4 Å². The summed E-state index contributed by atoms with van der Waals surface area (Å²) in [6.45, 7) is 0. The lowest BCUT2D eigenvalue weighted by Gasteiger charge is -2.11. The molecule has 0 spiro atoms. The summed E-state index contributed by atoms with van der Waals surface area (Å²) in [5.74, 6) is -0.930. The number of thiocarbonyl (C=S) groups is 1. The van der Waals surface area contributed by atoms with E-state index in [9.17, 15) is 20.0 Å². The number of ether oxygens (including phenoxy) is 1. The number of carbonyl (C=O) groups is 1. The van der Waals surface area contributed by atoms with E-state index in [0.29, 0.717) is 10.7 Å². The number of nitrogens with zero attached hydrogens (tertiary/aromatic N) is 3. The number of amides is 1. The van der Waals surface area contributed by atoms with Gasteiger partial charge in [0.15, 0.2) is 10.9 Å². The van der Waals surface area contributed by atoms with Crippen molar-refractivity contribution < 1.29 is 19.6 Å². The molecule has 0 aliphatic carbocycles. The molecule has 1 aliphatic rings. The maximum absolute atomic E-state index is 12.1. The van der Waals surface area contributed by atoms with Gasteiger partial charge in [0, 0.05) is 20.2 Å². The Hall–Kier alpha value is -2.68. The van der Waals surface area contributed by atoms with Crippen LogP contribution in [0.15, 0.2) is 17.8 Å². The molecule has 0 atom stereocenters. The van der Waals surface area contributed by atoms with Crippen LogP contribution in [0, 0.1) is 10.1 Å². The monoisotopic (exact) mass is 323 g/mol. The second kappa shape index (κ2) is 5.60. The van der Waals surface area contributed by atoms with Gasteiger partial charge in [-0.15, -0.1) is 0 Å². The van der Waals surface area contributed by atoms with Crippen LogP contribution in [0.2, 0.25) is 0 Å². The second-order valence-electron chi connectivity index (χ2n) is 4.58. The maximum atomic E-state index is 12.1. The lowest BCUT2D eigenvalue weighted by atomic mass is 10.1. The standard InChI is InChI=1S/C13H13N3O5S/c1-14-9(12(18)15(2)13(14)22)5-7-4-8(16(19)20)11(17)10(6-7)21-3/h4-6,17H,1-3H3/b9-5-. The molecule has 1 saturated heterocycles. The summed E-state index contributed by atoms with van der Waals surface area (Å²) in [5.41, 5.74) is 0.111. The Morgan fingerprint density at radius 2 is 2.00 bits per heavy atom. The number of methoxy groups -OCH3 is 1. The largest absolute Gasteiger partial charge is 0.500 e. The van der Waals surface area contributed by atoms with E-state index in [1.807, 2.05) is 0 Å². The van der Waals surface area contributed by atoms with Crippen LogP contribution < -0.4 is 4.74 Å². The number of hydrogen-bond acceptors (Lipinski definition) is 6. The predicted molar refractivity (Wildman–Crippen MR) is 82.4 cm³/mol. The van der Waals surface area contributed by atoms with Crippen LogP contribution in [0.1, 0.15) is 5.56 Å². The molecule has 1 N–H and O–H groups in total. The van der Waals surface area contributed by atoms with Gasteiger partial charge >= 0.3 is 5.69 Å². The fourth-order valence-electron chi connectivity index (χ4n) is 2.04. The van der Waals surface area contributed by atoms with E-state index in [1.165, 1.54) is 29.1 Å². The number of carbonyl (C=O) groups excluding carboxylic acids is 1. The molecule has 9 heteroatoms. The first-order valence-electron chi connectivity index (χ1n) is 6.10. The molecule has 1 aromatic carbocycles. The third-order valence-corrected chi connectivity index (χ3v) is 3.80. The molecular formula is C13H13N3O5S. The highest BCUT2D eigenvalue weighted by Gasteiger charge is 2.33. The smallest absolute Gasteiger partial charge is 0.315 e. The first-order chi connectivity index (χ1) is 10.3. The van der Waals surface area contributed by atoms with Gasteiger partial charge in [-0.05, 0) is 29.9 Å². The molecule has 22 heavy (non-hydrogen) atoms. The minimum absolute atomic E-state index is 0.0509. The van der Waals surface area contributed by atoms with E-state index in [-0.39, 0.29) is 17.4 Å². The number of hydrogen-bond donors (Lipinski definition) is 1. The zero-order chi connectivity index (χ0) is 16.6. The van der Waals surface area contributed by atoms with Crippen LogP contribution in [0.3, 0.4) is 0 Å². The van der Waals surface area contributed by atoms with Gasteiger partial charge in [-0.2, -0.15) is 0 Å². The van der Waals surface area contributed by atoms with E-state index in [0.717, 1.165) is 6.07 Å². The van der Waals surface area contributed by atoms with Crippen molar-refractivity contribution in [2.75, 3.05) is 21.2 Å². The summed E-state index contributed by atoms with van der Waals surface area (Å²) in [5, 5.41) is 21.0. The molecule has 1 aromatic rings. The lowest BCUT2D eigenvalue weighted by Crippen LogP contribution is -2.26. The first-order valence-corrected chi connectivity index (χ1v) is 6.51. The molecule has 116 valence electrons. The fourth-order valence-corrected chi connectivity index (χ4v) is 2.22. The number of nitro groups is 1. The summed E-state index contributed by atoms with van der Waals surface area (Å²) in [7, 11) is 4.45. The molecule has 2 rings (SSSR count). The second-order valence-corrected chi connectivity index (χ2v) is 4.95. The van der Waals surface area contributed by atoms with Crippen LogP contribution in [0.25, 0.3) is 6.08 Å². The number of rotatable bonds is 3. The Bertz CT molecular complexity index is 716. The molecule has 0 unspecified atom stereocenters.